The van der Waals surface area contributed by atoms with Crippen LogP contribution in [0.25, 0.3) is 0 Å². The van der Waals surface area contributed by atoms with E-state index in [1.807, 2.05) is 0 Å². The summed E-state index contributed by atoms with van der Waals surface area (Å²) in [5.74, 6) is 0.179. The SMILES string of the molecule is CCCCOCCOCCOCCSC[C@H](N)C(=O)O. The number of ether oxygens (including phenoxy) is 3. The van der Waals surface area contributed by atoms with E-state index < -0.39 is 12.0 Å². The molecule has 0 aliphatic carbocycles. The number of thioether (sulfide) groups is 1. The maximum absolute atomic E-state index is 10.5. The highest BCUT2D eigenvalue weighted by molar-refractivity contribution is 7.99. The average Bonchev–Trinajstić information content (AvgIpc) is 2.43. The Morgan fingerprint density at radius 1 is 1.10 bits per heavy atom. The molecule has 0 saturated carbocycles. The van der Waals surface area contributed by atoms with E-state index >= 15 is 0 Å². The number of hydrogen-bond acceptors (Lipinski definition) is 6. The number of carbonyl (C=O) groups is 1. The summed E-state index contributed by atoms with van der Waals surface area (Å²) in [6, 6.07) is -0.795. The van der Waals surface area contributed by atoms with Gasteiger partial charge in [0.05, 0.1) is 33.0 Å². The molecule has 0 bridgehead atoms. The van der Waals surface area contributed by atoms with Gasteiger partial charge in [-0.3, -0.25) is 4.79 Å². The second-order valence-electron chi connectivity index (χ2n) is 4.21. The Morgan fingerprint density at radius 3 is 2.20 bits per heavy atom. The van der Waals surface area contributed by atoms with Crippen molar-refractivity contribution in [3.8, 4) is 0 Å². The zero-order valence-corrected chi connectivity index (χ0v) is 13.0. The topological polar surface area (TPSA) is 91.0 Å². The van der Waals surface area contributed by atoms with Crippen molar-refractivity contribution in [3.05, 3.63) is 0 Å². The minimum absolute atomic E-state index is 0.407. The van der Waals surface area contributed by atoms with E-state index in [1.165, 1.54) is 11.8 Å². The Labute approximate surface area is 125 Å². The number of hydrogen-bond donors (Lipinski definition) is 2. The fourth-order valence-electron chi connectivity index (χ4n) is 1.19. The van der Waals surface area contributed by atoms with Crippen LogP contribution in [0.2, 0.25) is 0 Å². The highest BCUT2D eigenvalue weighted by Gasteiger charge is 2.10. The molecule has 7 heteroatoms. The van der Waals surface area contributed by atoms with Crippen LogP contribution in [-0.4, -0.2) is 68.3 Å². The molecule has 0 aromatic carbocycles. The molecule has 0 heterocycles. The summed E-state index contributed by atoms with van der Waals surface area (Å²) in [7, 11) is 0. The molecule has 0 aromatic rings. The lowest BCUT2D eigenvalue weighted by Gasteiger charge is -2.07. The first-order valence-corrected chi connectivity index (χ1v) is 8.13. The van der Waals surface area contributed by atoms with Gasteiger partial charge in [0.15, 0.2) is 0 Å². The van der Waals surface area contributed by atoms with Gasteiger partial charge in [0.25, 0.3) is 0 Å². The van der Waals surface area contributed by atoms with Crippen LogP contribution in [0.3, 0.4) is 0 Å². The number of rotatable bonds is 15. The second-order valence-corrected chi connectivity index (χ2v) is 5.36. The van der Waals surface area contributed by atoms with Crippen LogP contribution >= 0.6 is 11.8 Å². The van der Waals surface area contributed by atoms with E-state index in [-0.39, 0.29) is 0 Å². The van der Waals surface area contributed by atoms with Crippen molar-refractivity contribution >= 4 is 17.7 Å². The van der Waals surface area contributed by atoms with Crippen LogP contribution in [0.5, 0.6) is 0 Å². The highest BCUT2D eigenvalue weighted by atomic mass is 32.2. The van der Waals surface area contributed by atoms with Gasteiger partial charge in [-0.1, -0.05) is 13.3 Å². The van der Waals surface area contributed by atoms with Crippen LogP contribution in [0, 0.1) is 0 Å². The molecule has 0 fully saturated rings. The number of unbranched alkanes of at least 4 members (excludes halogenated alkanes) is 1. The molecule has 0 radical (unpaired) electrons. The molecule has 0 aliphatic rings. The van der Waals surface area contributed by atoms with Crippen molar-refractivity contribution in [1.29, 1.82) is 0 Å². The monoisotopic (exact) mass is 309 g/mol. The molecule has 0 rings (SSSR count). The van der Waals surface area contributed by atoms with E-state index in [0.717, 1.165) is 25.2 Å². The summed E-state index contributed by atoms with van der Waals surface area (Å²) in [5.41, 5.74) is 5.36. The standard InChI is InChI=1S/C13H27NO5S/c1-2-3-4-17-5-6-18-7-8-19-9-10-20-11-12(14)13(15)16/h12H,2-11,14H2,1H3,(H,15,16)/t12-/m0/s1. The number of carboxylic acid groups (broad SMARTS) is 1. The predicted molar refractivity (Wildman–Crippen MR) is 80.3 cm³/mol. The number of nitrogens with two attached hydrogens (primary N) is 1. The van der Waals surface area contributed by atoms with E-state index in [9.17, 15) is 4.79 Å². The van der Waals surface area contributed by atoms with Gasteiger partial charge in [-0.05, 0) is 6.42 Å². The van der Waals surface area contributed by atoms with Crippen LogP contribution < -0.4 is 5.73 Å². The Morgan fingerprint density at radius 2 is 1.65 bits per heavy atom. The van der Waals surface area contributed by atoms with Gasteiger partial charge >= 0.3 is 5.97 Å². The van der Waals surface area contributed by atoms with E-state index in [0.29, 0.717) is 38.8 Å². The molecule has 0 unspecified atom stereocenters. The summed E-state index contributed by atoms with van der Waals surface area (Å²) in [6.07, 6.45) is 2.23. The van der Waals surface area contributed by atoms with Gasteiger partial charge in [-0.15, -0.1) is 0 Å². The van der Waals surface area contributed by atoms with Crippen LogP contribution in [0.1, 0.15) is 19.8 Å². The number of carboxylic acids is 1. The first kappa shape index (κ1) is 19.7. The maximum Gasteiger partial charge on any atom is 0.321 e. The van der Waals surface area contributed by atoms with E-state index in [2.05, 4.69) is 6.92 Å². The second kappa shape index (κ2) is 15.1. The van der Waals surface area contributed by atoms with Crippen molar-refractivity contribution in [1.82, 2.24) is 0 Å². The first-order chi connectivity index (χ1) is 9.68. The summed E-state index contributed by atoms with van der Waals surface area (Å²) in [4.78, 5) is 10.5. The molecule has 0 spiro atoms. The van der Waals surface area contributed by atoms with Gasteiger partial charge in [0.2, 0.25) is 0 Å². The molecular weight excluding hydrogens is 282 g/mol. The van der Waals surface area contributed by atoms with Crippen LogP contribution in [0.4, 0.5) is 0 Å². The zero-order valence-electron chi connectivity index (χ0n) is 12.2. The Balaban J connectivity index is 3.04. The summed E-state index contributed by atoms with van der Waals surface area (Å²) in [5, 5.41) is 8.58. The quantitative estimate of drug-likeness (QED) is 0.436. The molecule has 0 aliphatic heterocycles. The molecule has 0 aromatic heterocycles. The highest BCUT2D eigenvalue weighted by Crippen LogP contribution is 2.01. The molecular formula is C13H27NO5S. The first-order valence-electron chi connectivity index (χ1n) is 6.97. The Kier molecular flexibility index (Phi) is 14.8. The summed E-state index contributed by atoms with van der Waals surface area (Å²) < 4.78 is 16.0. The summed E-state index contributed by atoms with van der Waals surface area (Å²) >= 11 is 1.48. The minimum Gasteiger partial charge on any atom is -0.480 e. The maximum atomic E-state index is 10.5. The van der Waals surface area contributed by atoms with Crippen molar-refractivity contribution in [2.45, 2.75) is 25.8 Å². The predicted octanol–water partition coefficient (Wildman–Crippen LogP) is 0.981. The van der Waals surface area contributed by atoms with Crippen molar-refractivity contribution < 1.29 is 24.1 Å². The lowest BCUT2D eigenvalue weighted by atomic mass is 10.4. The fraction of sp³-hybridized carbons (Fsp3) is 0.923. The summed E-state index contributed by atoms with van der Waals surface area (Å²) in [6.45, 7) is 5.82. The number of aliphatic carboxylic acids is 1. The fourth-order valence-corrected chi connectivity index (χ4v) is 1.99. The van der Waals surface area contributed by atoms with Gasteiger partial charge in [0.1, 0.15) is 6.04 Å². The molecule has 1 atom stereocenters. The Hall–Kier alpha value is -0.340. The lowest BCUT2D eigenvalue weighted by Crippen LogP contribution is -2.32. The van der Waals surface area contributed by atoms with Gasteiger partial charge in [-0.25, -0.2) is 0 Å². The molecule has 3 N–H and O–H groups in total. The van der Waals surface area contributed by atoms with Crippen molar-refractivity contribution in [3.63, 3.8) is 0 Å². The molecule has 0 amide bonds. The third-order valence-corrected chi connectivity index (χ3v) is 3.42. The van der Waals surface area contributed by atoms with Crippen LogP contribution in [-0.2, 0) is 19.0 Å². The van der Waals surface area contributed by atoms with Crippen molar-refractivity contribution in [2.75, 3.05) is 51.1 Å². The van der Waals surface area contributed by atoms with E-state index in [4.69, 9.17) is 25.1 Å². The van der Waals surface area contributed by atoms with Gasteiger partial charge < -0.3 is 25.1 Å². The average molecular weight is 309 g/mol. The molecule has 0 saturated heterocycles. The molecule has 6 nitrogen and oxygen atoms in total. The van der Waals surface area contributed by atoms with Gasteiger partial charge in [0, 0.05) is 18.1 Å². The Bertz CT molecular complexity index is 231. The van der Waals surface area contributed by atoms with Crippen LogP contribution in [0.15, 0.2) is 0 Å². The molecule has 120 valence electrons. The third-order valence-electron chi connectivity index (χ3n) is 2.37. The third kappa shape index (κ3) is 14.1. The smallest absolute Gasteiger partial charge is 0.321 e. The largest absolute Gasteiger partial charge is 0.480 e. The van der Waals surface area contributed by atoms with Crippen molar-refractivity contribution in [2.24, 2.45) is 5.73 Å². The lowest BCUT2D eigenvalue weighted by molar-refractivity contribution is -0.137. The minimum atomic E-state index is -0.965. The zero-order chi connectivity index (χ0) is 15.1. The van der Waals surface area contributed by atoms with Gasteiger partial charge in [-0.2, -0.15) is 11.8 Å². The molecule has 20 heavy (non-hydrogen) atoms. The normalized spacial score (nSPS) is 12.5. The van der Waals surface area contributed by atoms with E-state index in [1.54, 1.807) is 0 Å².